The van der Waals surface area contributed by atoms with Gasteiger partial charge in [-0.3, -0.25) is 18.7 Å². The molecule has 1 aromatic carbocycles. The molecule has 5 unspecified atom stereocenters. The van der Waals surface area contributed by atoms with Gasteiger partial charge >= 0.3 is 18.3 Å². The van der Waals surface area contributed by atoms with Gasteiger partial charge in [0, 0.05) is 41.8 Å². The summed E-state index contributed by atoms with van der Waals surface area (Å²) in [6.07, 6.45) is -9.80. The summed E-state index contributed by atoms with van der Waals surface area (Å²) in [4.78, 5) is 30.0. The van der Waals surface area contributed by atoms with Gasteiger partial charge in [0.05, 0.1) is 45.9 Å². The Bertz CT molecular complexity index is 1340. The highest BCUT2D eigenvalue weighted by molar-refractivity contribution is 7.84. The van der Waals surface area contributed by atoms with Crippen molar-refractivity contribution in [3.63, 3.8) is 0 Å². The zero-order chi connectivity index (χ0) is 33.6. The molecule has 4 rings (SSSR count). The van der Waals surface area contributed by atoms with Gasteiger partial charge in [-0.05, 0) is 57.9 Å². The number of fused-ring (bicyclic) bond motifs is 5. The number of nitrogens with zero attached hydrogens (tertiary/aromatic N) is 3. The zero-order valence-electron chi connectivity index (χ0n) is 24.6. The van der Waals surface area contributed by atoms with E-state index in [0.717, 1.165) is 17.0 Å². The second kappa shape index (κ2) is 12.5. The summed E-state index contributed by atoms with van der Waals surface area (Å²) in [5, 5.41) is 9.09. The Balaban J connectivity index is 1.29. The number of carbonyl (C=O) groups excluding carboxylic acids is 2. The number of morpholine rings is 1. The molecule has 0 aliphatic carbocycles. The average Bonchev–Trinajstić information content (AvgIpc) is 3.29. The van der Waals surface area contributed by atoms with Crippen LogP contribution in [0.3, 0.4) is 0 Å². The van der Waals surface area contributed by atoms with Crippen molar-refractivity contribution in [2.75, 3.05) is 36.0 Å². The lowest BCUT2D eigenvalue weighted by molar-refractivity contribution is -0.284. The first-order valence-corrected chi connectivity index (χ1v) is 15.9. The number of unbranched alkanes of at least 4 members (excludes halogenated alkanes) is 3. The van der Waals surface area contributed by atoms with Crippen LogP contribution in [0.4, 0.5) is 40.8 Å². The SMILES string of the molecule is CC12CN(CCCCCCS(=O)CCCC(F)(F)C(F)(F)F)CC(C)(O1)C1C(=O)N(c3ccc(C#N)c(C(F)(F)F)c3)C(=O)C12. The van der Waals surface area contributed by atoms with Crippen molar-refractivity contribution in [2.24, 2.45) is 11.8 Å². The number of alkyl halides is 8. The van der Waals surface area contributed by atoms with E-state index in [0.29, 0.717) is 51.4 Å². The molecule has 3 aliphatic heterocycles. The standard InChI is InChI=1S/C29H33F8N3O4S/c1-25-16-39(11-5-3-4-6-12-45(43)13-7-10-27(30,31)29(35,36)37)17-26(2,44-25)22-21(25)23(41)40(24(22)42)19-9-8-18(15-38)20(14-19)28(32,33)34/h8-9,14,21-22H,3-7,10-13,16-17H2,1-2H3. The lowest BCUT2D eigenvalue weighted by Gasteiger charge is -2.45. The lowest BCUT2D eigenvalue weighted by Crippen LogP contribution is -2.58. The fourth-order valence-corrected chi connectivity index (χ4v) is 8.03. The van der Waals surface area contributed by atoms with Gasteiger partial charge in [0.1, 0.15) is 0 Å². The second-order valence-electron chi connectivity index (χ2n) is 12.3. The number of hydrogen-bond donors (Lipinski definition) is 0. The van der Waals surface area contributed by atoms with Gasteiger partial charge in [-0.1, -0.05) is 12.8 Å². The van der Waals surface area contributed by atoms with Crippen molar-refractivity contribution in [3.05, 3.63) is 29.3 Å². The molecule has 0 aromatic heterocycles. The largest absolute Gasteiger partial charge is 0.453 e. The van der Waals surface area contributed by atoms with Crippen molar-refractivity contribution in [2.45, 2.75) is 81.8 Å². The minimum absolute atomic E-state index is 0.194. The number of hydrogen-bond acceptors (Lipinski definition) is 6. The molecule has 7 nitrogen and oxygen atoms in total. The molecule has 3 aliphatic rings. The van der Waals surface area contributed by atoms with Crippen LogP contribution >= 0.6 is 0 Å². The van der Waals surface area contributed by atoms with Crippen LogP contribution in [0.2, 0.25) is 0 Å². The minimum Gasteiger partial charge on any atom is -0.365 e. The van der Waals surface area contributed by atoms with Crippen LogP contribution in [0, 0.1) is 23.2 Å². The smallest absolute Gasteiger partial charge is 0.365 e. The molecule has 16 heteroatoms. The number of imide groups is 1. The van der Waals surface area contributed by atoms with Gasteiger partial charge in [-0.2, -0.15) is 40.4 Å². The van der Waals surface area contributed by atoms with Gasteiger partial charge < -0.3 is 4.74 Å². The second-order valence-corrected chi connectivity index (χ2v) is 14.0. The maximum absolute atomic E-state index is 13.6. The number of halogens is 8. The normalized spacial score (nSPS) is 28.0. The van der Waals surface area contributed by atoms with Crippen LogP contribution in [0.25, 0.3) is 0 Å². The molecule has 250 valence electrons. The fraction of sp³-hybridized carbons (Fsp3) is 0.690. The number of likely N-dealkylation sites (tertiary alicyclic amines) is 1. The first-order chi connectivity index (χ1) is 20.7. The Hall–Kier alpha value is -2.64. The van der Waals surface area contributed by atoms with Gasteiger partial charge in [0.25, 0.3) is 0 Å². The van der Waals surface area contributed by atoms with E-state index >= 15 is 0 Å². The predicted molar refractivity (Wildman–Crippen MR) is 147 cm³/mol. The summed E-state index contributed by atoms with van der Waals surface area (Å²) in [6, 6.07) is 4.21. The topological polar surface area (TPSA) is 90.7 Å². The van der Waals surface area contributed by atoms with Crippen molar-refractivity contribution in [1.29, 1.82) is 5.26 Å². The molecular weight excluding hydrogens is 638 g/mol. The highest BCUT2D eigenvalue weighted by atomic mass is 32.2. The Morgan fingerprint density at radius 3 is 2.00 bits per heavy atom. The molecular formula is C29H33F8N3O4S. The Kier molecular flexibility index (Phi) is 9.80. The summed E-state index contributed by atoms with van der Waals surface area (Å²) in [5.74, 6) is -8.00. The van der Waals surface area contributed by atoms with Crippen molar-refractivity contribution < 1.29 is 53.7 Å². The molecule has 2 bridgehead atoms. The van der Waals surface area contributed by atoms with E-state index in [9.17, 15) is 48.9 Å². The highest BCUT2D eigenvalue weighted by Gasteiger charge is 2.71. The number of nitriles is 1. The molecule has 5 atom stereocenters. The van der Waals surface area contributed by atoms with Crippen LogP contribution < -0.4 is 4.90 Å². The van der Waals surface area contributed by atoms with Crippen LogP contribution in [0.15, 0.2) is 18.2 Å². The monoisotopic (exact) mass is 671 g/mol. The Morgan fingerprint density at radius 2 is 1.47 bits per heavy atom. The quantitative estimate of drug-likeness (QED) is 0.158. The summed E-state index contributed by atoms with van der Waals surface area (Å²) in [5.41, 5.74) is -4.29. The van der Waals surface area contributed by atoms with E-state index in [2.05, 4.69) is 4.90 Å². The van der Waals surface area contributed by atoms with Crippen LogP contribution in [0.5, 0.6) is 0 Å². The van der Waals surface area contributed by atoms with Crippen molar-refractivity contribution >= 4 is 28.3 Å². The molecule has 1 aromatic rings. The van der Waals surface area contributed by atoms with Crippen LogP contribution in [-0.2, 0) is 31.3 Å². The molecule has 2 amide bonds. The molecule has 3 fully saturated rings. The first-order valence-electron chi connectivity index (χ1n) is 14.5. The van der Waals surface area contributed by atoms with Gasteiger partial charge in [0.15, 0.2) is 0 Å². The van der Waals surface area contributed by atoms with E-state index in [4.69, 9.17) is 10.00 Å². The molecule has 3 saturated heterocycles. The molecule has 0 N–H and O–H groups in total. The third-order valence-corrected chi connectivity index (χ3v) is 10.2. The number of amides is 2. The summed E-state index contributed by atoms with van der Waals surface area (Å²) in [7, 11) is -1.50. The summed E-state index contributed by atoms with van der Waals surface area (Å²) >= 11 is 0. The Morgan fingerprint density at radius 1 is 0.911 bits per heavy atom. The van der Waals surface area contributed by atoms with Crippen molar-refractivity contribution in [3.8, 4) is 6.07 Å². The van der Waals surface area contributed by atoms with Gasteiger partial charge in [-0.25, -0.2) is 4.90 Å². The van der Waals surface area contributed by atoms with Gasteiger partial charge in [0.2, 0.25) is 11.8 Å². The predicted octanol–water partition coefficient (Wildman–Crippen LogP) is 5.83. The zero-order valence-corrected chi connectivity index (χ0v) is 25.4. The summed E-state index contributed by atoms with van der Waals surface area (Å²) < 4.78 is 122. The fourth-order valence-electron chi connectivity index (χ4n) is 6.83. The van der Waals surface area contributed by atoms with E-state index in [-0.39, 0.29) is 17.2 Å². The van der Waals surface area contributed by atoms with Crippen LogP contribution in [-0.4, -0.2) is 75.4 Å². The molecule has 45 heavy (non-hydrogen) atoms. The maximum atomic E-state index is 13.6. The van der Waals surface area contributed by atoms with Crippen LogP contribution in [0.1, 0.15) is 63.5 Å². The minimum atomic E-state index is -5.62. The third kappa shape index (κ3) is 7.05. The van der Waals surface area contributed by atoms with Crippen molar-refractivity contribution in [1.82, 2.24) is 4.90 Å². The van der Waals surface area contributed by atoms with E-state index in [1.54, 1.807) is 13.8 Å². The average molecular weight is 672 g/mol. The number of carbonyl (C=O) groups is 2. The molecule has 0 saturated carbocycles. The molecule has 0 radical (unpaired) electrons. The molecule has 0 spiro atoms. The van der Waals surface area contributed by atoms with Gasteiger partial charge in [-0.15, -0.1) is 0 Å². The Labute approximate surface area is 257 Å². The number of benzene rings is 1. The molecule has 3 heterocycles. The maximum Gasteiger partial charge on any atom is 0.453 e. The summed E-state index contributed by atoms with van der Waals surface area (Å²) in [6.45, 7) is 4.59. The van der Waals surface area contributed by atoms with E-state index in [1.807, 2.05) is 0 Å². The highest BCUT2D eigenvalue weighted by Crippen LogP contribution is 2.55. The number of rotatable bonds is 12. The lowest BCUT2D eigenvalue weighted by atomic mass is 9.79. The van der Waals surface area contributed by atoms with E-state index < -0.39 is 87.9 Å². The third-order valence-electron chi connectivity index (χ3n) is 8.72. The first kappa shape index (κ1) is 35.2. The number of anilines is 1. The number of ether oxygens (including phenoxy) is 1. The van der Waals surface area contributed by atoms with E-state index in [1.165, 1.54) is 6.07 Å².